The molecule has 116 valence electrons. The number of carbonyl (C=O) groups is 1. The topological polar surface area (TPSA) is 86.2 Å². The lowest BCUT2D eigenvalue weighted by Gasteiger charge is -1.99. The molecule has 9 heteroatoms. The van der Waals surface area contributed by atoms with E-state index in [4.69, 9.17) is 9.47 Å². The molecule has 0 aliphatic carbocycles. The monoisotopic (exact) mass is 346 g/mol. The van der Waals surface area contributed by atoms with Gasteiger partial charge in [-0.3, -0.25) is 10.1 Å². The number of aromatic nitrogens is 3. The number of ether oxygens (including phenoxy) is 2. The van der Waals surface area contributed by atoms with Gasteiger partial charge in [0.2, 0.25) is 11.9 Å². The second-order valence-corrected chi connectivity index (χ2v) is 6.73. The minimum atomic E-state index is -0.301. The van der Waals surface area contributed by atoms with Crippen LogP contribution in [-0.2, 0) is 0 Å². The van der Waals surface area contributed by atoms with Gasteiger partial charge in [-0.2, -0.15) is 0 Å². The summed E-state index contributed by atoms with van der Waals surface area (Å²) in [4.78, 5) is 16.6. The third-order valence-corrected chi connectivity index (χ3v) is 4.75. The molecule has 0 fully saturated rings. The van der Waals surface area contributed by atoms with Crippen molar-refractivity contribution >= 4 is 33.7 Å². The molecule has 3 aromatic rings. The van der Waals surface area contributed by atoms with Crippen LogP contribution in [-0.4, -0.2) is 27.9 Å². The molecule has 1 amide bonds. The molecule has 1 aliphatic heterocycles. The number of nitrogens with zero attached hydrogens (tertiary/aromatic N) is 3. The molecule has 1 aliphatic rings. The first-order valence-electron chi connectivity index (χ1n) is 6.66. The van der Waals surface area contributed by atoms with Crippen molar-refractivity contribution in [2.24, 2.45) is 0 Å². The molecule has 0 bridgehead atoms. The normalized spacial score (nSPS) is 12.4. The smallest absolute Gasteiger partial charge is 0.276 e. The van der Waals surface area contributed by atoms with Gasteiger partial charge in [0.05, 0.1) is 0 Å². The highest BCUT2D eigenvalue weighted by atomic mass is 32.1. The minimum absolute atomic E-state index is 0.228. The summed E-state index contributed by atoms with van der Waals surface area (Å²) in [5, 5.41) is 14.1. The molecule has 0 unspecified atom stereocenters. The van der Waals surface area contributed by atoms with Crippen LogP contribution in [0.4, 0.5) is 5.13 Å². The SMILES string of the molecule is Cc1nnc(NC(=O)c2csc(-c3ccc4c(c3)OCO4)n2)s1. The summed E-state index contributed by atoms with van der Waals surface area (Å²) in [6.07, 6.45) is 0. The molecule has 23 heavy (non-hydrogen) atoms. The maximum Gasteiger partial charge on any atom is 0.276 e. The van der Waals surface area contributed by atoms with Gasteiger partial charge in [0.25, 0.3) is 5.91 Å². The van der Waals surface area contributed by atoms with Crippen molar-refractivity contribution in [2.45, 2.75) is 6.92 Å². The summed E-state index contributed by atoms with van der Waals surface area (Å²) in [6.45, 7) is 2.06. The molecule has 3 heterocycles. The fourth-order valence-corrected chi connectivity index (χ4v) is 3.43. The van der Waals surface area contributed by atoms with Gasteiger partial charge in [0, 0.05) is 10.9 Å². The van der Waals surface area contributed by atoms with E-state index in [0.29, 0.717) is 16.6 Å². The van der Waals surface area contributed by atoms with Gasteiger partial charge in [-0.1, -0.05) is 11.3 Å². The van der Waals surface area contributed by atoms with Crippen LogP contribution in [0.25, 0.3) is 10.6 Å². The van der Waals surface area contributed by atoms with E-state index in [1.54, 1.807) is 5.38 Å². The third-order valence-electron chi connectivity index (χ3n) is 3.10. The van der Waals surface area contributed by atoms with Gasteiger partial charge in [0.15, 0.2) is 11.5 Å². The largest absolute Gasteiger partial charge is 0.454 e. The Labute approximate surface area is 138 Å². The number of benzene rings is 1. The van der Waals surface area contributed by atoms with E-state index in [0.717, 1.165) is 21.3 Å². The highest BCUT2D eigenvalue weighted by Gasteiger charge is 2.17. The molecular weight excluding hydrogens is 336 g/mol. The predicted molar refractivity (Wildman–Crippen MR) is 86.3 cm³/mol. The molecule has 0 saturated heterocycles. The van der Waals surface area contributed by atoms with Crippen LogP contribution in [0.5, 0.6) is 11.5 Å². The number of fused-ring (bicyclic) bond motifs is 1. The van der Waals surface area contributed by atoms with E-state index in [2.05, 4.69) is 20.5 Å². The fraction of sp³-hybridized carbons (Fsp3) is 0.143. The van der Waals surface area contributed by atoms with Crippen molar-refractivity contribution in [3.05, 3.63) is 34.3 Å². The number of rotatable bonds is 3. The van der Waals surface area contributed by atoms with Gasteiger partial charge in [-0.25, -0.2) is 4.98 Å². The van der Waals surface area contributed by atoms with E-state index in [-0.39, 0.29) is 12.7 Å². The molecular formula is C14H10N4O3S2. The average molecular weight is 346 g/mol. The quantitative estimate of drug-likeness (QED) is 0.785. The Hall–Kier alpha value is -2.52. The van der Waals surface area contributed by atoms with Crippen molar-refractivity contribution < 1.29 is 14.3 Å². The molecule has 1 aromatic carbocycles. The molecule has 0 spiro atoms. The lowest BCUT2D eigenvalue weighted by Crippen LogP contribution is -2.12. The van der Waals surface area contributed by atoms with Gasteiger partial charge < -0.3 is 9.47 Å². The Kier molecular flexibility index (Phi) is 3.43. The van der Waals surface area contributed by atoms with Crippen LogP contribution >= 0.6 is 22.7 Å². The second-order valence-electron chi connectivity index (χ2n) is 4.69. The minimum Gasteiger partial charge on any atom is -0.454 e. The van der Waals surface area contributed by atoms with Crippen LogP contribution in [0.15, 0.2) is 23.6 Å². The van der Waals surface area contributed by atoms with Crippen LogP contribution in [0.3, 0.4) is 0 Å². The first kappa shape index (κ1) is 14.1. The summed E-state index contributed by atoms with van der Waals surface area (Å²) in [6, 6.07) is 5.59. The van der Waals surface area contributed by atoms with Crippen molar-refractivity contribution in [3.63, 3.8) is 0 Å². The molecule has 1 N–H and O–H groups in total. The van der Waals surface area contributed by atoms with E-state index < -0.39 is 0 Å². The summed E-state index contributed by atoms with van der Waals surface area (Å²) in [5.74, 6) is 1.10. The summed E-state index contributed by atoms with van der Waals surface area (Å²) in [7, 11) is 0. The second kappa shape index (κ2) is 5.60. The molecule has 0 radical (unpaired) electrons. The highest BCUT2D eigenvalue weighted by Crippen LogP contribution is 2.36. The van der Waals surface area contributed by atoms with E-state index in [1.165, 1.54) is 22.7 Å². The number of hydrogen-bond acceptors (Lipinski definition) is 8. The van der Waals surface area contributed by atoms with Gasteiger partial charge in [0.1, 0.15) is 15.7 Å². The summed E-state index contributed by atoms with van der Waals surface area (Å²) in [5.41, 5.74) is 1.22. The number of amides is 1. The summed E-state index contributed by atoms with van der Waals surface area (Å²) < 4.78 is 10.6. The highest BCUT2D eigenvalue weighted by molar-refractivity contribution is 7.15. The molecule has 0 atom stereocenters. The van der Waals surface area contributed by atoms with Crippen LogP contribution in [0.2, 0.25) is 0 Å². The number of aryl methyl sites for hydroxylation is 1. The first-order valence-corrected chi connectivity index (χ1v) is 8.36. The Morgan fingerprint density at radius 3 is 2.96 bits per heavy atom. The van der Waals surface area contributed by atoms with Crippen LogP contribution in [0.1, 0.15) is 15.5 Å². The predicted octanol–water partition coefficient (Wildman–Crippen LogP) is 2.95. The number of hydrogen-bond donors (Lipinski definition) is 1. The zero-order valence-corrected chi connectivity index (χ0v) is 13.5. The van der Waals surface area contributed by atoms with Gasteiger partial charge >= 0.3 is 0 Å². The zero-order chi connectivity index (χ0) is 15.8. The Morgan fingerprint density at radius 1 is 1.26 bits per heavy atom. The average Bonchev–Trinajstić information content (AvgIpc) is 3.26. The molecule has 0 saturated carbocycles. The van der Waals surface area contributed by atoms with Crippen molar-refractivity contribution in [3.8, 4) is 22.1 Å². The maximum absolute atomic E-state index is 12.2. The number of carbonyl (C=O) groups excluding carboxylic acids is 1. The van der Waals surface area contributed by atoms with Crippen molar-refractivity contribution in [1.29, 1.82) is 0 Å². The Balaban J connectivity index is 1.55. The van der Waals surface area contributed by atoms with Gasteiger partial charge in [-0.05, 0) is 25.1 Å². The van der Waals surface area contributed by atoms with Gasteiger partial charge in [-0.15, -0.1) is 21.5 Å². The lowest BCUT2D eigenvalue weighted by atomic mass is 10.2. The maximum atomic E-state index is 12.2. The fourth-order valence-electron chi connectivity index (χ4n) is 2.05. The van der Waals surface area contributed by atoms with Crippen LogP contribution in [0, 0.1) is 6.92 Å². The van der Waals surface area contributed by atoms with E-state index >= 15 is 0 Å². The van der Waals surface area contributed by atoms with E-state index in [9.17, 15) is 4.79 Å². The first-order chi connectivity index (χ1) is 11.2. The van der Waals surface area contributed by atoms with Crippen LogP contribution < -0.4 is 14.8 Å². The number of nitrogens with one attached hydrogen (secondary N) is 1. The Bertz CT molecular complexity index is 890. The standard InChI is InChI=1S/C14H10N4O3S2/c1-7-17-18-14(23-7)16-12(19)9-5-22-13(15-9)8-2-3-10-11(4-8)21-6-20-10/h2-5H,6H2,1H3,(H,16,18,19). The summed E-state index contributed by atoms with van der Waals surface area (Å²) >= 11 is 2.71. The number of anilines is 1. The molecule has 4 rings (SSSR count). The lowest BCUT2D eigenvalue weighted by molar-refractivity contribution is 0.102. The molecule has 7 nitrogen and oxygen atoms in total. The van der Waals surface area contributed by atoms with Crippen molar-refractivity contribution in [2.75, 3.05) is 12.1 Å². The van der Waals surface area contributed by atoms with E-state index in [1.807, 2.05) is 25.1 Å². The Morgan fingerprint density at radius 2 is 2.13 bits per heavy atom. The van der Waals surface area contributed by atoms with Crippen molar-refractivity contribution in [1.82, 2.24) is 15.2 Å². The third kappa shape index (κ3) is 2.76. The molecule has 2 aromatic heterocycles. The number of thiazole rings is 1. The zero-order valence-electron chi connectivity index (χ0n) is 11.9.